The van der Waals surface area contributed by atoms with Crippen LogP contribution in [0.25, 0.3) is 0 Å². The number of benzene rings is 2. The summed E-state index contributed by atoms with van der Waals surface area (Å²) in [5.41, 5.74) is 6.26. The number of nitrogens with one attached hydrogen (secondary N) is 1. The van der Waals surface area contributed by atoms with Gasteiger partial charge in [-0.25, -0.2) is 0 Å². The second-order valence-corrected chi connectivity index (χ2v) is 7.22. The molecule has 1 fully saturated rings. The minimum atomic E-state index is 0.0843. The molecular weight excluding hydrogens is 296 g/mol. The Morgan fingerprint density at radius 1 is 1.08 bits per heavy atom. The van der Waals surface area contributed by atoms with E-state index in [1.807, 2.05) is 12.1 Å². The van der Waals surface area contributed by atoms with Gasteiger partial charge in [-0.3, -0.25) is 9.69 Å². The highest BCUT2D eigenvalue weighted by Crippen LogP contribution is 2.36. The van der Waals surface area contributed by atoms with Crippen molar-refractivity contribution in [3.63, 3.8) is 0 Å². The van der Waals surface area contributed by atoms with E-state index in [1.165, 1.54) is 22.3 Å². The Bertz CT molecular complexity index is 783. The fourth-order valence-electron chi connectivity index (χ4n) is 4.22. The van der Waals surface area contributed by atoms with Crippen molar-refractivity contribution in [2.24, 2.45) is 5.92 Å². The van der Waals surface area contributed by atoms with Crippen LogP contribution in [0.1, 0.15) is 38.5 Å². The van der Waals surface area contributed by atoms with Gasteiger partial charge in [-0.2, -0.15) is 0 Å². The molecule has 0 saturated carbocycles. The van der Waals surface area contributed by atoms with Crippen molar-refractivity contribution >= 4 is 5.91 Å². The highest BCUT2D eigenvalue weighted by atomic mass is 16.1. The third-order valence-electron chi connectivity index (χ3n) is 5.76. The first-order valence-electron chi connectivity index (χ1n) is 8.78. The predicted octanol–water partition coefficient (Wildman–Crippen LogP) is 3.26. The maximum Gasteiger partial charge on any atom is 0.251 e. The monoisotopic (exact) mass is 320 g/mol. The van der Waals surface area contributed by atoms with Gasteiger partial charge in [-0.05, 0) is 48.1 Å². The lowest BCUT2D eigenvalue weighted by atomic mass is 9.87. The molecule has 2 aliphatic heterocycles. The van der Waals surface area contributed by atoms with Gasteiger partial charge in [0.2, 0.25) is 0 Å². The topological polar surface area (TPSA) is 32.3 Å². The van der Waals surface area contributed by atoms with E-state index in [9.17, 15) is 4.79 Å². The van der Waals surface area contributed by atoms with Crippen LogP contribution in [0.15, 0.2) is 42.5 Å². The number of hydrogen-bond donors (Lipinski definition) is 1. The highest BCUT2D eigenvalue weighted by Gasteiger charge is 2.37. The third kappa shape index (κ3) is 2.63. The van der Waals surface area contributed by atoms with E-state index in [2.05, 4.69) is 54.4 Å². The lowest BCUT2D eigenvalue weighted by Gasteiger charge is -2.19. The van der Waals surface area contributed by atoms with E-state index in [0.717, 1.165) is 31.7 Å². The molecule has 24 heavy (non-hydrogen) atoms. The molecule has 1 saturated heterocycles. The Hall–Kier alpha value is -2.13. The zero-order valence-corrected chi connectivity index (χ0v) is 14.4. The first-order chi connectivity index (χ1) is 11.6. The Kier molecular flexibility index (Phi) is 3.89. The summed E-state index contributed by atoms with van der Waals surface area (Å²) in [6.07, 6.45) is 0. The van der Waals surface area contributed by atoms with Gasteiger partial charge in [0.25, 0.3) is 5.91 Å². The molecule has 0 spiro atoms. The molecule has 3 heteroatoms. The van der Waals surface area contributed by atoms with Crippen molar-refractivity contribution < 1.29 is 4.79 Å². The Morgan fingerprint density at radius 2 is 1.92 bits per heavy atom. The fourth-order valence-corrected chi connectivity index (χ4v) is 4.22. The summed E-state index contributed by atoms with van der Waals surface area (Å²) >= 11 is 0. The maximum atomic E-state index is 12.3. The van der Waals surface area contributed by atoms with E-state index in [-0.39, 0.29) is 5.91 Å². The molecule has 0 aromatic heterocycles. The zero-order valence-electron chi connectivity index (χ0n) is 14.4. The van der Waals surface area contributed by atoms with Gasteiger partial charge in [0.15, 0.2) is 0 Å². The molecule has 1 amide bonds. The summed E-state index contributed by atoms with van der Waals surface area (Å²) in [4.78, 5) is 14.8. The average molecular weight is 320 g/mol. The maximum absolute atomic E-state index is 12.3. The molecule has 4 rings (SSSR count). The van der Waals surface area contributed by atoms with Gasteiger partial charge in [-0.1, -0.05) is 36.4 Å². The number of rotatable bonds is 2. The average Bonchev–Trinajstić information content (AvgIpc) is 2.94. The van der Waals surface area contributed by atoms with E-state index < -0.39 is 0 Å². The van der Waals surface area contributed by atoms with Gasteiger partial charge in [0.05, 0.1) is 0 Å². The summed E-state index contributed by atoms with van der Waals surface area (Å²) in [7, 11) is 0. The van der Waals surface area contributed by atoms with E-state index >= 15 is 0 Å². The van der Waals surface area contributed by atoms with Crippen LogP contribution >= 0.6 is 0 Å². The molecule has 1 N–H and O–H groups in total. The van der Waals surface area contributed by atoms with Crippen LogP contribution in [0.5, 0.6) is 0 Å². The quantitative estimate of drug-likeness (QED) is 0.921. The summed E-state index contributed by atoms with van der Waals surface area (Å²) in [5.74, 6) is 1.04. The lowest BCUT2D eigenvalue weighted by Crippen LogP contribution is -2.29. The molecule has 2 aromatic carbocycles. The second-order valence-electron chi connectivity index (χ2n) is 7.22. The molecule has 124 valence electrons. The first-order valence-corrected chi connectivity index (χ1v) is 8.78. The molecule has 2 aromatic rings. The SMILES string of the molecule is Cc1cccc(CN2CC3c4ccccc4C(=O)NC[C@H]3C2)c1C. The fraction of sp³-hybridized carbons (Fsp3) is 0.381. The van der Waals surface area contributed by atoms with Crippen LogP contribution < -0.4 is 5.32 Å². The smallest absolute Gasteiger partial charge is 0.251 e. The predicted molar refractivity (Wildman–Crippen MR) is 96.2 cm³/mol. The number of nitrogens with zero attached hydrogens (tertiary/aromatic N) is 1. The van der Waals surface area contributed by atoms with Crippen LogP contribution in [0, 0.1) is 19.8 Å². The minimum Gasteiger partial charge on any atom is -0.352 e. The largest absolute Gasteiger partial charge is 0.352 e. The third-order valence-corrected chi connectivity index (χ3v) is 5.76. The molecule has 3 nitrogen and oxygen atoms in total. The van der Waals surface area contributed by atoms with Gasteiger partial charge in [0, 0.05) is 37.7 Å². The van der Waals surface area contributed by atoms with Gasteiger partial charge in [-0.15, -0.1) is 0 Å². The number of carbonyl (C=O) groups is 1. The van der Waals surface area contributed by atoms with E-state index in [0.29, 0.717) is 11.8 Å². The number of amides is 1. The zero-order chi connectivity index (χ0) is 16.7. The first kappa shape index (κ1) is 15.4. The summed E-state index contributed by atoms with van der Waals surface area (Å²) in [5, 5.41) is 3.11. The number of aryl methyl sites for hydroxylation is 1. The Morgan fingerprint density at radius 3 is 2.79 bits per heavy atom. The normalized spacial score (nSPS) is 23.3. The number of hydrogen-bond acceptors (Lipinski definition) is 2. The number of fused-ring (bicyclic) bond motifs is 3. The summed E-state index contributed by atoms with van der Waals surface area (Å²) in [6, 6.07) is 14.7. The molecule has 2 heterocycles. The summed E-state index contributed by atoms with van der Waals surface area (Å²) < 4.78 is 0. The Balaban J connectivity index is 1.59. The van der Waals surface area contributed by atoms with Gasteiger partial charge >= 0.3 is 0 Å². The van der Waals surface area contributed by atoms with Crippen LogP contribution in [0.4, 0.5) is 0 Å². The van der Waals surface area contributed by atoms with Crippen LogP contribution in [-0.2, 0) is 6.54 Å². The highest BCUT2D eigenvalue weighted by molar-refractivity contribution is 5.96. The number of carbonyl (C=O) groups excluding carboxylic acids is 1. The van der Waals surface area contributed by atoms with Crippen molar-refractivity contribution in [3.05, 3.63) is 70.3 Å². The van der Waals surface area contributed by atoms with Crippen LogP contribution in [-0.4, -0.2) is 30.4 Å². The van der Waals surface area contributed by atoms with Crippen LogP contribution in [0.3, 0.4) is 0 Å². The second kappa shape index (κ2) is 6.06. The molecule has 1 unspecified atom stereocenters. The number of likely N-dealkylation sites (tertiary alicyclic amines) is 1. The molecule has 2 aliphatic rings. The Labute approximate surface area is 143 Å². The van der Waals surface area contributed by atoms with Crippen molar-refractivity contribution in [2.75, 3.05) is 19.6 Å². The molecular formula is C21H24N2O. The summed E-state index contributed by atoms with van der Waals surface area (Å²) in [6.45, 7) is 8.25. The van der Waals surface area contributed by atoms with Crippen molar-refractivity contribution in [3.8, 4) is 0 Å². The van der Waals surface area contributed by atoms with Crippen molar-refractivity contribution in [1.82, 2.24) is 10.2 Å². The lowest BCUT2D eigenvalue weighted by molar-refractivity contribution is 0.0951. The van der Waals surface area contributed by atoms with Gasteiger partial charge < -0.3 is 5.32 Å². The van der Waals surface area contributed by atoms with Crippen molar-refractivity contribution in [1.29, 1.82) is 0 Å². The van der Waals surface area contributed by atoms with Crippen LogP contribution in [0.2, 0.25) is 0 Å². The molecule has 0 radical (unpaired) electrons. The van der Waals surface area contributed by atoms with E-state index in [1.54, 1.807) is 0 Å². The molecule has 2 atom stereocenters. The molecule has 0 bridgehead atoms. The standard InChI is InChI=1S/C21H24N2O/c1-14-6-5-7-16(15(14)2)11-23-12-17-10-22-21(24)19-9-4-3-8-18(19)20(17)13-23/h3-9,17,20H,10-13H2,1-2H3,(H,22,24)/t17-,20?/m0/s1. The molecule has 0 aliphatic carbocycles. The van der Waals surface area contributed by atoms with Gasteiger partial charge in [0.1, 0.15) is 0 Å². The minimum absolute atomic E-state index is 0.0843. The van der Waals surface area contributed by atoms with Crippen molar-refractivity contribution in [2.45, 2.75) is 26.3 Å². The van der Waals surface area contributed by atoms with E-state index in [4.69, 9.17) is 0 Å².